The Morgan fingerprint density at radius 1 is 0.966 bits per heavy atom. The molecule has 2 aromatic rings. The van der Waals surface area contributed by atoms with Crippen LogP contribution in [0.15, 0.2) is 54.6 Å². The third kappa shape index (κ3) is 6.76. The normalized spacial score (nSPS) is 16.1. The van der Waals surface area contributed by atoms with E-state index >= 15 is 0 Å². The lowest BCUT2D eigenvalue weighted by atomic mass is 10.3. The van der Waals surface area contributed by atoms with Gasteiger partial charge in [0.25, 0.3) is 0 Å². The molecule has 1 amide bonds. The molecule has 0 bridgehead atoms. The van der Waals surface area contributed by atoms with Crippen LogP contribution in [0.4, 0.5) is 0 Å². The molecule has 0 radical (unpaired) electrons. The maximum absolute atomic E-state index is 11.9. The van der Waals surface area contributed by atoms with E-state index in [1.807, 2.05) is 66.4 Å². The highest BCUT2D eigenvalue weighted by Crippen LogP contribution is 2.23. The Hall–Kier alpha value is -2.57. The Bertz CT molecular complexity index is 751. The van der Waals surface area contributed by atoms with Crippen molar-refractivity contribution in [1.82, 2.24) is 9.80 Å². The lowest BCUT2D eigenvalue weighted by Crippen LogP contribution is -2.39. The summed E-state index contributed by atoms with van der Waals surface area (Å²) in [4.78, 5) is 16.0. The van der Waals surface area contributed by atoms with E-state index in [2.05, 4.69) is 4.90 Å². The number of hydrogen-bond donors (Lipinski definition) is 1. The predicted octanol–water partition coefficient (Wildman–Crippen LogP) is 3.16. The molecule has 1 N–H and O–H groups in total. The molecule has 0 aromatic heterocycles. The lowest BCUT2D eigenvalue weighted by molar-refractivity contribution is -0.130. The van der Waals surface area contributed by atoms with Crippen LogP contribution < -0.4 is 9.47 Å². The summed E-state index contributed by atoms with van der Waals surface area (Å²) < 4.78 is 11.5. The fraction of sp³-hybridized carbons (Fsp3) is 0.435. The number of aliphatic hydroxyl groups is 1. The van der Waals surface area contributed by atoms with Crippen LogP contribution in [-0.2, 0) is 4.79 Å². The molecule has 6 nitrogen and oxygen atoms in total. The van der Waals surface area contributed by atoms with E-state index in [0.29, 0.717) is 18.7 Å². The first-order chi connectivity index (χ1) is 14.1. The first-order valence-corrected chi connectivity index (χ1v) is 10.3. The number of rotatable bonds is 8. The topological polar surface area (TPSA) is 62.2 Å². The van der Waals surface area contributed by atoms with Gasteiger partial charge in [0.1, 0.15) is 30.0 Å². The summed E-state index contributed by atoms with van der Waals surface area (Å²) in [6.45, 7) is 5.86. The molecule has 3 rings (SSSR count). The quantitative estimate of drug-likeness (QED) is 0.740. The molecule has 1 aliphatic heterocycles. The van der Waals surface area contributed by atoms with Crippen LogP contribution in [-0.4, -0.2) is 66.2 Å². The zero-order chi connectivity index (χ0) is 20.5. The van der Waals surface area contributed by atoms with E-state index in [1.54, 1.807) is 0 Å². The number of aliphatic hydroxyl groups excluding tert-OH is 1. The summed E-state index contributed by atoms with van der Waals surface area (Å²) in [5.41, 5.74) is 0. The zero-order valence-electron chi connectivity index (χ0n) is 17.0. The Morgan fingerprint density at radius 2 is 1.66 bits per heavy atom. The molecule has 1 saturated heterocycles. The number of para-hydroxylation sites is 1. The summed E-state index contributed by atoms with van der Waals surface area (Å²) in [6.07, 6.45) is 0.900. The van der Waals surface area contributed by atoms with Gasteiger partial charge < -0.3 is 19.5 Å². The van der Waals surface area contributed by atoms with E-state index < -0.39 is 6.10 Å². The number of amides is 1. The minimum Gasteiger partial charge on any atom is -0.491 e. The molecule has 0 aliphatic carbocycles. The molecule has 1 unspecified atom stereocenters. The summed E-state index contributed by atoms with van der Waals surface area (Å²) in [7, 11) is 0. The van der Waals surface area contributed by atoms with Crippen LogP contribution >= 0.6 is 0 Å². The summed E-state index contributed by atoms with van der Waals surface area (Å²) in [5, 5.41) is 10.4. The molecule has 2 aromatic carbocycles. The molecule has 1 fully saturated rings. The lowest BCUT2D eigenvalue weighted by Gasteiger charge is -2.24. The van der Waals surface area contributed by atoms with E-state index in [0.717, 1.165) is 44.1 Å². The summed E-state index contributed by atoms with van der Waals surface area (Å²) >= 11 is 0. The molecular weight excluding hydrogens is 368 g/mol. The Labute approximate surface area is 172 Å². The highest BCUT2D eigenvalue weighted by Gasteiger charge is 2.19. The van der Waals surface area contributed by atoms with Gasteiger partial charge in [-0.1, -0.05) is 25.1 Å². The van der Waals surface area contributed by atoms with Crippen molar-refractivity contribution in [2.75, 3.05) is 39.3 Å². The van der Waals surface area contributed by atoms with Gasteiger partial charge in [-0.3, -0.25) is 9.69 Å². The number of carbonyl (C=O) groups is 1. The van der Waals surface area contributed by atoms with Crippen LogP contribution in [0.3, 0.4) is 0 Å². The van der Waals surface area contributed by atoms with Crippen molar-refractivity contribution in [1.29, 1.82) is 0 Å². The summed E-state index contributed by atoms with van der Waals surface area (Å²) in [5.74, 6) is 2.42. The second kappa shape index (κ2) is 10.8. The van der Waals surface area contributed by atoms with Gasteiger partial charge in [-0.05, 0) is 49.4 Å². The number of nitrogens with zero attached hydrogens (tertiary/aromatic N) is 2. The van der Waals surface area contributed by atoms with Crippen LogP contribution in [0.1, 0.15) is 19.8 Å². The molecular formula is C23H30N2O4. The van der Waals surface area contributed by atoms with Crippen LogP contribution in [0.5, 0.6) is 17.2 Å². The van der Waals surface area contributed by atoms with Gasteiger partial charge in [0.2, 0.25) is 5.91 Å². The van der Waals surface area contributed by atoms with Crippen molar-refractivity contribution < 1.29 is 19.4 Å². The van der Waals surface area contributed by atoms with Crippen LogP contribution in [0, 0.1) is 0 Å². The van der Waals surface area contributed by atoms with Gasteiger partial charge >= 0.3 is 0 Å². The van der Waals surface area contributed by atoms with Gasteiger partial charge in [0, 0.05) is 32.6 Å². The number of β-amino-alcohol motifs (C(OH)–C–C–N with tert-alkyl or cyclic N) is 1. The fourth-order valence-corrected chi connectivity index (χ4v) is 3.40. The average Bonchev–Trinajstić information content (AvgIpc) is 2.99. The monoisotopic (exact) mass is 398 g/mol. The van der Waals surface area contributed by atoms with Gasteiger partial charge in [-0.25, -0.2) is 0 Å². The maximum Gasteiger partial charge on any atom is 0.222 e. The maximum atomic E-state index is 11.9. The third-order valence-corrected chi connectivity index (χ3v) is 4.96. The molecule has 0 spiro atoms. The Balaban J connectivity index is 1.41. The largest absolute Gasteiger partial charge is 0.491 e. The second-order valence-electron chi connectivity index (χ2n) is 7.24. The van der Waals surface area contributed by atoms with E-state index in [9.17, 15) is 9.90 Å². The van der Waals surface area contributed by atoms with Gasteiger partial charge in [0.05, 0.1) is 0 Å². The minimum atomic E-state index is -0.580. The number of ether oxygens (including phenoxy) is 2. The first-order valence-electron chi connectivity index (χ1n) is 10.3. The van der Waals surface area contributed by atoms with Crippen molar-refractivity contribution in [2.24, 2.45) is 0 Å². The van der Waals surface area contributed by atoms with Gasteiger partial charge in [0.15, 0.2) is 0 Å². The number of hydrogen-bond acceptors (Lipinski definition) is 5. The number of benzene rings is 2. The van der Waals surface area contributed by atoms with Crippen molar-refractivity contribution >= 4 is 5.91 Å². The third-order valence-electron chi connectivity index (χ3n) is 4.96. The van der Waals surface area contributed by atoms with Crippen LogP contribution in [0.2, 0.25) is 0 Å². The summed E-state index contributed by atoms with van der Waals surface area (Å²) in [6, 6.07) is 17.0. The Morgan fingerprint density at radius 3 is 2.38 bits per heavy atom. The zero-order valence-corrected chi connectivity index (χ0v) is 17.0. The smallest absolute Gasteiger partial charge is 0.222 e. The van der Waals surface area contributed by atoms with Gasteiger partial charge in [-0.2, -0.15) is 0 Å². The molecule has 29 heavy (non-hydrogen) atoms. The Kier molecular flexibility index (Phi) is 7.90. The first kappa shape index (κ1) is 21.1. The fourth-order valence-electron chi connectivity index (χ4n) is 3.40. The minimum absolute atomic E-state index is 0.204. The molecule has 156 valence electrons. The molecule has 1 aliphatic rings. The van der Waals surface area contributed by atoms with E-state index in [-0.39, 0.29) is 12.5 Å². The molecule has 6 heteroatoms. The number of carbonyl (C=O) groups excluding carboxylic acids is 1. The molecule has 1 atom stereocenters. The standard InChI is InChI=1S/C23H30N2O4/c1-2-23(27)25-14-6-13-24(15-16-25)17-19(26)18-28-20-9-11-22(12-10-20)29-21-7-4-3-5-8-21/h3-5,7-12,19,26H,2,6,13-18H2,1H3. The molecule has 1 heterocycles. The van der Waals surface area contributed by atoms with Crippen molar-refractivity contribution in [3.8, 4) is 17.2 Å². The van der Waals surface area contributed by atoms with Crippen molar-refractivity contribution in [3.05, 3.63) is 54.6 Å². The van der Waals surface area contributed by atoms with Gasteiger partial charge in [-0.15, -0.1) is 0 Å². The van der Waals surface area contributed by atoms with E-state index in [4.69, 9.17) is 9.47 Å². The van der Waals surface area contributed by atoms with Crippen molar-refractivity contribution in [2.45, 2.75) is 25.9 Å². The second-order valence-corrected chi connectivity index (χ2v) is 7.24. The highest BCUT2D eigenvalue weighted by atomic mass is 16.5. The molecule has 0 saturated carbocycles. The van der Waals surface area contributed by atoms with Crippen LogP contribution in [0.25, 0.3) is 0 Å². The highest BCUT2D eigenvalue weighted by molar-refractivity contribution is 5.75. The predicted molar refractivity (Wildman–Crippen MR) is 112 cm³/mol. The average molecular weight is 399 g/mol. The van der Waals surface area contributed by atoms with E-state index in [1.165, 1.54) is 0 Å². The van der Waals surface area contributed by atoms with Crippen molar-refractivity contribution in [3.63, 3.8) is 0 Å². The SMILES string of the molecule is CCC(=O)N1CCCN(CC(O)COc2ccc(Oc3ccccc3)cc2)CC1.